The van der Waals surface area contributed by atoms with Crippen molar-refractivity contribution >= 4 is 29.0 Å². The van der Waals surface area contributed by atoms with E-state index in [1.807, 2.05) is 52.4 Å². The average molecular weight is 454 g/mol. The summed E-state index contributed by atoms with van der Waals surface area (Å²) in [6.45, 7) is 2.78. The molecular weight excluding hydrogens is 430 g/mol. The van der Waals surface area contributed by atoms with Crippen LogP contribution in [0.3, 0.4) is 0 Å². The molecule has 7 nitrogen and oxygen atoms in total. The fourth-order valence-corrected chi connectivity index (χ4v) is 4.52. The fourth-order valence-electron chi connectivity index (χ4n) is 3.01. The second kappa shape index (κ2) is 10.4. The number of thiophene rings is 1. The minimum Gasteiger partial charge on any atom is -0.447 e. The van der Waals surface area contributed by atoms with Crippen LogP contribution in [-0.4, -0.2) is 32.2 Å². The van der Waals surface area contributed by atoms with Crippen molar-refractivity contribution in [2.45, 2.75) is 37.1 Å². The SMILES string of the molecule is CCCCCNC(=O)c1coc(CSc2nnc(-c3cccs3)n2-c2ccccc2)n1. The van der Waals surface area contributed by atoms with E-state index in [0.29, 0.717) is 23.9 Å². The van der Waals surface area contributed by atoms with Crippen LogP contribution < -0.4 is 5.32 Å². The number of unbranched alkanes of at least 4 members (excludes halogenated alkanes) is 2. The van der Waals surface area contributed by atoms with Crippen LogP contribution in [0.15, 0.2) is 63.7 Å². The van der Waals surface area contributed by atoms with E-state index in [9.17, 15) is 4.79 Å². The Morgan fingerprint density at radius 1 is 1.16 bits per heavy atom. The van der Waals surface area contributed by atoms with Gasteiger partial charge in [0.2, 0.25) is 5.89 Å². The molecule has 4 aromatic rings. The van der Waals surface area contributed by atoms with Gasteiger partial charge in [-0.15, -0.1) is 21.5 Å². The number of carbonyl (C=O) groups is 1. The lowest BCUT2D eigenvalue weighted by Gasteiger charge is -2.08. The third-order valence-electron chi connectivity index (χ3n) is 4.56. The van der Waals surface area contributed by atoms with Gasteiger partial charge >= 0.3 is 0 Å². The van der Waals surface area contributed by atoms with Crippen LogP contribution in [0.25, 0.3) is 16.4 Å². The quantitative estimate of drug-likeness (QED) is 0.262. The van der Waals surface area contributed by atoms with Crippen LogP contribution in [0.4, 0.5) is 0 Å². The van der Waals surface area contributed by atoms with Crippen molar-refractivity contribution in [1.29, 1.82) is 0 Å². The minimum absolute atomic E-state index is 0.205. The molecule has 0 fully saturated rings. The number of carbonyl (C=O) groups excluding carboxylic acids is 1. The summed E-state index contributed by atoms with van der Waals surface area (Å²) in [4.78, 5) is 17.6. The number of para-hydroxylation sites is 1. The van der Waals surface area contributed by atoms with E-state index in [1.54, 1.807) is 11.3 Å². The molecule has 160 valence electrons. The Labute approximate surface area is 188 Å². The largest absolute Gasteiger partial charge is 0.447 e. The number of hydrogen-bond acceptors (Lipinski definition) is 7. The fraction of sp³-hybridized carbons (Fsp3) is 0.273. The number of hydrogen-bond donors (Lipinski definition) is 1. The van der Waals surface area contributed by atoms with E-state index in [4.69, 9.17) is 4.42 Å². The first kappa shape index (κ1) is 21.3. The summed E-state index contributed by atoms with van der Waals surface area (Å²) < 4.78 is 7.54. The van der Waals surface area contributed by atoms with Crippen molar-refractivity contribution in [2.75, 3.05) is 6.54 Å². The molecule has 3 aromatic heterocycles. The molecular formula is C22H23N5O2S2. The molecule has 0 bridgehead atoms. The first-order chi connectivity index (χ1) is 15.3. The normalized spacial score (nSPS) is 11.0. The molecule has 0 saturated carbocycles. The highest BCUT2D eigenvalue weighted by molar-refractivity contribution is 7.98. The molecule has 0 saturated heterocycles. The second-order valence-corrected chi connectivity index (χ2v) is 8.72. The van der Waals surface area contributed by atoms with Crippen molar-refractivity contribution in [2.24, 2.45) is 0 Å². The number of thioether (sulfide) groups is 1. The lowest BCUT2D eigenvalue weighted by molar-refractivity contribution is 0.0948. The maximum atomic E-state index is 12.2. The molecule has 0 aliphatic carbocycles. The van der Waals surface area contributed by atoms with E-state index in [2.05, 4.69) is 27.4 Å². The number of amides is 1. The molecule has 9 heteroatoms. The van der Waals surface area contributed by atoms with E-state index in [0.717, 1.165) is 40.8 Å². The third kappa shape index (κ3) is 5.23. The van der Waals surface area contributed by atoms with E-state index in [-0.39, 0.29) is 5.91 Å². The molecule has 0 aliphatic heterocycles. The Hall–Kier alpha value is -2.91. The monoisotopic (exact) mass is 453 g/mol. The van der Waals surface area contributed by atoms with Crippen molar-refractivity contribution in [3.63, 3.8) is 0 Å². The molecule has 0 aliphatic rings. The van der Waals surface area contributed by atoms with Gasteiger partial charge in [0.25, 0.3) is 5.91 Å². The van der Waals surface area contributed by atoms with Crippen LogP contribution in [0.5, 0.6) is 0 Å². The predicted molar refractivity (Wildman–Crippen MR) is 123 cm³/mol. The molecule has 4 rings (SSSR count). The van der Waals surface area contributed by atoms with Gasteiger partial charge in [0, 0.05) is 12.2 Å². The second-order valence-electron chi connectivity index (χ2n) is 6.83. The third-order valence-corrected chi connectivity index (χ3v) is 6.34. The summed E-state index contributed by atoms with van der Waals surface area (Å²) >= 11 is 3.09. The van der Waals surface area contributed by atoms with Gasteiger partial charge in [-0.2, -0.15) is 0 Å². The molecule has 0 spiro atoms. The number of oxazole rings is 1. The Bertz CT molecular complexity index is 1110. The van der Waals surface area contributed by atoms with Crippen LogP contribution in [-0.2, 0) is 5.75 Å². The smallest absolute Gasteiger partial charge is 0.273 e. The molecule has 1 N–H and O–H groups in total. The van der Waals surface area contributed by atoms with Crippen molar-refractivity contribution < 1.29 is 9.21 Å². The van der Waals surface area contributed by atoms with Gasteiger partial charge in [0.05, 0.1) is 10.6 Å². The lowest BCUT2D eigenvalue weighted by Crippen LogP contribution is -2.24. The van der Waals surface area contributed by atoms with Crippen LogP contribution in [0.1, 0.15) is 42.6 Å². The standard InChI is InChI=1S/C22H23N5O2S2/c1-2-3-7-12-23-21(28)17-14-29-19(24-17)15-31-22-26-25-20(18-11-8-13-30-18)27(22)16-9-5-4-6-10-16/h4-6,8-11,13-14H,2-3,7,12,15H2,1H3,(H,23,28). The summed E-state index contributed by atoms with van der Waals surface area (Å²) in [7, 11) is 0. The number of rotatable bonds is 10. The topological polar surface area (TPSA) is 85.8 Å². The lowest BCUT2D eigenvalue weighted by atomic mass is 10.2. The van der Waals surface area contributed by atoms with Crippen molar-refractivity contribution in [3.05, 3.63) is 65.7 Å². The zero-order chi connectivity index (χ0) is 21.5. The summed E-state index contributed by atoms with van der Waals surface area (Å²) in [5.41, 5.74) is 1.29. The van der Waals surface area contributed by atoms with Gasteiger partial charge in [0.1, 0.15) is 6.26 Å². The maximum Gasteiger partial charge on any atom is 0.273 e. The van der Waals surface area contributed by atoms with Crippen molar-refractivity contribution in [3.8, 4) is 16.4 Å². The molecule has 0 radical (unpaired) electrons. The maximum absolute atomic E-state index is 12.2. The summed E-state index contributed by atoms with van der Waals surface area (Å²) in [5, 5.41) is 14.4. The van der Waals surface area contributed by atoms with Crippen molar-refractivity contribution in [1.82, 2.24) is 25.1 Å². The Morgan fingerprint density at radius 3 is 2.81 bits per heavy atom. The van der Waals surface area contributed by atoms with E-state index < -0.39 is 0 Å². The molecule has 1 amide bonds. The molecule has 31 heavy (non-hydrogen) atoms. The van der Waals surface area contributed by atoms with E-state index >= 15 is 0 Å². The van der Waals surface area contributed by atoms with Gasteiger partial charge < -0.3 is 9.73 Å². The highest BCUT2D eigenvalue weighted by Crippen LogP contribution is 2.31. The van der Waals surface area contributed by atoms with Gasteiger partial charge in [-0.05, 0) is 30.0 Å². The average Bonchev–Trinajstić information content (AvgIpc) is 3.56. The Kier molecular flexibility index (Phi) is 7.16. The van der Waals surface area contributed by atoms with E-state index in [1.165, 1.54) is 18.0 Å². The summed E-state index contributed by atoms with van der Waals surface area (Å²) in [5.74, 6) is 1.51. The highest BCUT2D eigenvalue weighted by Gasteiger charge is 2.18. The number of benzene rings is 1. The van der Waals surface area contributed by atoms with Gasteiger partial charge in [-0.3, -0.25) is 9.36 Å². The van der Waals surface area contributed by atoms with Gasteiger partial charge in [-0.25, -0.2) is 4.98 Å². The van der Waals surface area contributed by atoms with Gasteiger partial charge in [0.15, 0.2) is 16.7 Å². The Balaban J connectivity index is 1.47. The van der Waals surface area contributed by atoms with Crippen LogP contribution in [0, 0.1) is 0 Å². The first-order valence-corrected chi connectivity index (χ1v) is 12.0. The molecule has 0 unspecified atom stereocenters. The molecule has 0 atom stereocenters. The van der Waals surface area contributed by atoms with Gasteiger partial charge in [-0.1, -0.05) is 55.8 Å². The predicted octanol–water partition coefficient (Wildman–Crippen LogP) is 5.20. The summed E-state index contributed by atoms with van der Waals surface area (Å²) in [6.07, 6.45) is 4.58. The van der Waals surface area contributed by atoms with Crippen LogP contribution in [0.2, 0.25) is 0 Å². The number of nitrogens with zero attached hydrogens (tertiary/aromatic N) is 4. The Morgan fingerprint density at radius 2 is 2.03 bits per heavy atom. The van der Waals surface area contributed by atoms with Crippen LogP contribution >= 0.6 is 23.1 Å². The number of aromatic nitrogens is 4. The zero-order valence-electron chi connectivity index (χ0n) is 17.2. The number of nitrogens with one attached hydrogen (secondary N) is 1. The molecule has 3 heterocycles. The first-order valence-electron chi connectivity index (χ1n) is 10.2. The zero-order valence-corrected chi connectivity index (χ0v) is 18.8. The molecule has 1 aromatic carbocycles. The minimum atomic E-state index is -0.205. The highest BCUT2D eigenvalue weighted by atomic mass is 32.2. The summed E-state index contributed by atoms with van der Waals surface area (Å²) in [6, 6.07) is 14.0.